The van der Waals surface area contributed by atoms with Gasteiger partial charge in [-0.05, 0) is 11.1 Å². The number of hydrogen-bond donors (Lipinski definition) is 1. The second-order valence-electron chi connectivity index (χ2n) is 3.66. The minimum Gasteiger partial charge on any atom is -0.393 e. The van der Waals surface area contributed by atoms with Crippen LogP contribution in [-0.4, -0.2) is 15.8 Å². The summed E-state index contributed by atoms with van der Waals surface area (Å²) in [7, 11) is 0. The normalized spacial score (nSPS) is 13.7. The molecule has 0 aromatic heterocycles. The highest BCUT2D eigenvalue weighted by molar-refractivity contribution is 7.80. The minimum atomic E-state index is 0.0127. The number of amides is 1. The van der Waals surface area contributed by atoms with E-state index in [1.54, 1.807) is 4.90 Å². The van der Waals surface area contributed by atoms with Gasteiger partial charge in [-0.25, -0.2) is 0 Å². The number of thiocarbonyl (C=S) groups is 1. The third-order valence-corrected chi connectivity index (χ3v) is 2.66. The van der Waals surface area contributed by atoms with Gasteiger partial charge in [0.15, 0.2) is 0 Å². The third-order valence-electron chi connectivity index (χ3n) is 2.52. The molecule has 4 heteroatoms. The number of hydrogen-bond acceptors (Lipinski definition) is 2. The Kier molecular flexibility index (Phi) is 2.68. The quantitative estimate of drug-likeness (QED) is 0.762. The lowest BCUT2D eigenvalue weighted by molar-refractivity contribution is -0.130. The number of fused-ring (bicyclic) bond motifs is 1. The van der Waals surface area contributed by atoms with E-state index in [1.165, 1.54) is 11.1 Å². The Hall–Kier alpha value is -1.42. The molecule has 0 fully saturated rings. The molecule has 0 atom stereocenters. The van der Waals surface area contributed by atoms with E-state index in [2.05, 4.69) is 0 Å². The number of carbonyl (C=O) groups excluding carboxylic acids is 1. The van der Waals surface area contributed by atoms with E-state index >= 15 is 0 Å². The predicted octanol–water partition coefficient (Wildman–Crippen LogP) is 1.21. The van der Waals surface area contributed by atoms with E-state index in [1.807, 2.05) is 24.3 Å². The van der Waals surface area contributed by atoms with Crippen LogP contribution in [0.25, 0.3) is 0 Å². The topological polar surface area (TPSA) is 46.3 Å². The van der Waals surface area contributed by atoms with Crippen LogP contribution >= 0.6 is 12.2 Å². The van der Waals surface area contributed by atoms with Crippen molar-refractivity contribution in [3.05, 3.63) is 35.4 Å². The first-order chi connectivity index (χ1) is 7.16. The van der Waals surface area contributed by atoms with E-state index < -0.39 is 0 Å². The molecular weight excluding hydrogens is 208 g/mol. The molecule has 0 saturated carbocycles. The van der Waals surface area contributed by atoms with Crippen LogP contribution in [-0.2, 0) is 17.9 Å². The molecule has 1 heterocycles. The van der Waals surface area contributed by atoms with Crippen LogP contribution in [0, 0.1) is 0 Å². The zero-order valence-electron chi connectivity index (χ0n) is 8.27. The Morgan fingerprint density at radius 3 is 2.33 bits per heavy atom. The van der Waals surface area contributed by atoms with E-state index in [0.29, 0.717) is 13.1 Å². The van der Waals surface area contributed by atoms with Crippen molar-refractivity contribution < 1.29 is 4.79 Å². The summed E-state index contributed by atoms with van der Waals surface area (Å²) >= 11 is 4.72. The van der Waals surface area contributed by atoms with Crippen LogP contribution < -0.4 is 5.73 Å². The molecule has 15 heavy (non-hydrogen) atoms. The Labute approximate surface area is 93.9 Å². The first kappa shape index (κ1) is 10.1. The maximum atomic E-state index is 11.7. The van der Waals surface area contributed by atoms with Gasteiger partial charge in [-0.1, -0.05) is 36.5 Å². The lowest BCUT2D eigenvalue weighted by atomic mass is 10.1. The molecule has 2 N–H and O–H groups in total. The van der Waals surface area contributed by atoms with Crippen molar-refractivity contribution in [1.82, 2.24) is 4.90 Å². The van der Waals surface area contributed by atoms with E-state index in [-0.39, 0.29) is 17.3 Å². The first-order valence-electron chi connectivity index (χ1n) is 4.79. The lowest BCUT2D eigenvalue weighted by Gasteiger charge is -2.14. The minimum absolute atomic E-state index is 0.0127. The summed E-state index contributed by atoms with van der Waals surface area (Å²) in [5.41, 5.74) is 7.78. The molecular formula is C11H12N2OS. The van der Waals surface area contributed by atoms with Gasteiger partial charge in [-0.2, -0.15) is 0 Å². The highest BCUT2D eigenvalue weighted by Crippen LogP contribution is 2.22. The summed E-state index contributed by atoms with van der Waals surface area (Å²) in [6.07, 6.45) is 0.170. The fourth-order valence-electron chi connectivity index (χ4n) is 1.77. The molecule has 3 nitrogen and oxygen atoms in total. The van der Waals surface area contributed by atoms with Crippen LogP contribution in [0.3, 0.4) is 0 Å². The summed E-state index contributed by atoms with van der Waals surface area (Å²) in [5.74, 6) is 0.0127. The fraction of sp³-hybridized carbons (Fsp3) is 0.273. The van der Waals surface area contributed by atoms with Crippen molar-refractivity contribution in [2.45, 2.75) is 19.5 Å². The maximum Gasteiger partial charge on any atom is 0.229 e. The third kappa shape index (κ3) is 2.15. The van der Waals surface area contributed by atoms with Crippen molar-refractivity contribution in [2.24, 2.45) is 5.73 Å². The smallest absolute Gasteiger partial charge is 0.229 e. The molecule has 1 aromatic rings. The van der Waals surface area contributed by atoms with Crippen LogP contribution in [0.1, 0.15) is 17.5 Å². The van der Waals surface area contributed by atoms with E-state index in [9.17, 15) is 4.79 Å². The summed E-state index contributed by atoms with van der Waals surface area (Å²) in [4.78, 5) is 13.7. The summed E-state index contributed by atoms with van der Waals surface area (Å²) in [6.45, 7) is 1.36. The molecule has 0 radical (unpaired) electrons. The standard InChI is InChI=1S/C11H12N2OS/c12-10(15)5-11(14)13-6-8-3-1-2-4-9(8)7-13/h1-4H,5-7H2,(H2,12,15). The van der Waals surface area contributed by atoms with Crippen LogP contribution in [0.5, 0.6) is 0 Å². The average Bonchev–Trinajstić information content (AvgIpc) is 2.59. The lowest BCUT2D eigenvalue weighted by Crippen LogP contribution is -2.29. The Morgan fingerprint density at radius 2 is 1.87 bits per heavy atom. The molecule has 0 spiro atoms. The van der Waals surface area contributed by atoms with Gasteiger partial charge in [0, 0.05) is 13.1 Å². The maximum absolute atomic E-state index is 11.7. The second kappa shape index (κ2) is 3.98. The fourth-order valence-corrected chi connectivity index (χ4v) is 1.89. The molecule has 2 rings (SSSR count). The van der Waals surface area contributed by atoms with Gasteiger partial charge < -0.3 is 10.6 Å². The largest absolute Gasteiger partial charge is 0.393 e. The molecule has 0 aliphatic carbocycles. The molecule has 78 valence electrons. The van der Waals surface area contributed by atoms with E-state index in [4.69, 9.17) is 18.0 Å². The van der Waals surface area contributed by atoms with Gasteiger partial charge in [-0.15, -0.1) is 0 Å². The molecule has 0 bridgehead atoms. The van der Waals surface area contributed by atoms with Crippen molar-refractivity contribution >= 4 is 23.1 Å². The van der Waals surface area contributed by atoms with Crippen LogP contribution in [0.4, 0.5) is 0 Å². The van der Waals surface area contributed by atoms with Gasteiger partial charge in [-0.3, -0.25) is 4.79 Å². The number of nitrogens with two attached hydrogens (primary N) is 1. The van der Waals surface area contributed by atoms with Crippen LogP contribution in [0.15, 0.2) is 24.3 Å². The number of benzene rings is 1. The molecule has 0 saturated heterocycles. The van der Waals surface area contributed by atoms with Gasteiger partial charge in [0.05, 0.1) is 11.4 Å². The van der Waals surface area contributed by atoms with Gasteiger partial charge in [0.25, 0.3) is 0 Å². The van der Waals surface area contributed by atoms with E-state index in [0.717, 1.165) is 0 Å². The Bertz CT molecular complexity index is 392. The Morgan fingerprint density at radius 1 is 1.33 bits per heavy atom. The SMILES string of the molecule is NC(=S)CC(=O)N1Cc2ccccc2C1. The molecule has 1 aromatic carbocycles. The number of carbonyl (C=O) groups is 1. The van der Waals surface area contributed by atoms with Gasteiger partial charge in [0.2, 0.25) is 5.91 Å². The summed E-state index contributed by atoms with van der Waals surface area (Å²) in [6, 6.07) is 8.06. The van der Waals surface area contributed by atoms with Gasteiger partial charge >= 0.3 is 0 Å². The monoisotopic (exact) mass is 220 g/mol. The average molecular weight is 220 g/mol. The molecule has 1 aliphatic heterocycles. The highest BCUT2D eigenvalue weighted by atomic mass is 32.1. The molecule has 1 aliphatic rings. The number of rotatable bonds is 2. The summed E-state index contributed by atoms with van der Waals surface area (Å²) in [5, 5.41) is 0. The van der Waals surface area contributed by atoms with Crippen molar-refractivity contribution in [3.63, 3.8) is 0 Å². The first-order valence-corrected chi connectivity index (χ1v) is 5.20. The second-order valence-corrected chi connectivity index (χ2v) is 4.19. The summed E-state index contributed by atoms with van der Waals surface area (Å²) < 4.78 is 0. The van der Waals surface area contributed by atoms with Crippen LogP contribution in [0.2, 0.25) is 0 Å². The zero-order chi connectivity index (χ0) is 10.8. The Balaban J connectivity index is 2.07. The van der Waals surface area contributed by atoms with Gasteiger partial charge in [0.1, 0.15) is 0 Å². The molecule has 1 amide bonds. The van der Waals surface area contributed by atoms with Crippen molar-refractivity contribution in [3.8, 4) is 0 Å². The zero-order valence-corrected chi connectivity index (χ0v) is 9.09. The molecule has 0 unspecified atom stereocenters. The predicted molar refractivity (Wildman–Crippen MR) is 62.1 cm³/mol. The highest BCUT2D eigenvalue weighted by Gasteiger charge is 2.22. The number of nitrogens with zero attached hydrogens (tertiary/aromatic N) is 1. The van der Waals surface area contributed by atoms with Crippen molar-refractivity contribution in [2.75, 3.05) is 0 Å². The van der Waals surface area contributed by atoms with Crippen molar-refractivity contribution in [1.29, 1.82) is 0 Å².